The van der Waals surface area contributed by atoms with Gasteiger partial charge >= 0.3 is 0 Å². The molecule has 5 rings (SSSR count). The summed E-state index contributed by atoms with van der Waals surface area (Å²) in [6.07, 6.45) is 1.14. The fraction of sp³-hybridized carbons (Fsp3) is 0.194. The Kier molecular flexibility index (Phi) is 8.64. The van der Waals surface area contributed by atoms with Crippen LogP contribution in [-0.2, 0) is 6.42 Å². The Hall–Kier alpha value is -3.85. The molecule has 0 saturated carbocycles. The lowest BCUT2D eigenvalue weighted by Gasteiger charge is -2.21. The minimum absolute atomic E-state index is 0.0111. The predicted molar refractivity (Wildman–Crippen MR) is 146 cm³/mol. The van der Waals surface area contributed by atoms with E-state index in [0.29, 0.717) is 21.9 Å². The number of fused-ring (bicyclic) bond motifs is 2. The van der Waals surface area contributed by atoms with Gasteiger partial charge in [-0.3, -0.25) is 4.79 Å². The van der Waals surface area contributed by atoms with Gasteiger partial charge in [0.1, 0.15) is 11.2 Å². The topological polar surface area (TPSA) is 33.5 Å². The molecule has 0 N–H and O–H groups in total. The Morgan fingerprint density at radius 1 is 0.735 bits per heavy atom. The highest BCUT2D eigenvalue weighted by atomic mass is 16.3. The number of hydrogen-bond acceptors (Lipinski definition) is 3. The Balaban J connectivity index is 0.000000274. The van der Waals surface area contributed by atoms with E-state index in [9.17, 15) is 4.79 Å². The molecule has 0 aliphatic carbocycles. The summed E-state index contributed by atoms with van der Waals surface area (Å²) in [4.78, 5) is 14.7. The van der Waals surface area contributed by atoms with E-state index in [1.807, 2.05) is 75.5 Å². The van der Waals surface area contributed by atoms with Crippen LogP contribution in [0.15, 0.2) is 106 Å². The average molecular weight is 452 g/mol. The van der Waals surface area contributed by atoms with E-state index < -0.39 is 0 Å². The Morgan fingerprint density at radius 3 is 2.03 bits per heavy atom. The summed E-state index contributed by atoms with van der Waals surface area (Å²) >= 11 is 0. The van der Waals surface area contributed by atoms with Crippen LogP contribution in [0.2, 0.25) is 0 Å². The number of nitrogens with zero attached hydrogens (tertiary/aromatic N) is 1. The van der Waals surface area contributed by atoms with E-state index >= 15 is 0 Å². The third kappa shape index (κ3) is 5.55. The molecule has 0 unspecified atom stereocenters. The van der Waals surface area contributed by atoms with Crippen LogP contribution in [0.5, 0.6) is 0 Å². The molecule has 34 heavy (non-hydrogen) atoms. The Bertz CT molecular complexity index is 1400. The number of hydrogen-bond donors (Lipinski definition) is 0. The van der Waals surface area contributed by atoms with Crippen LogP contribution in [0, 0.1) is 6.92 Å². The van der Waals surface area contributed by atoms with Crippen molar-refractivity contribution in [2.45, 2.75) is 34.1 Å². The van der Waals surface area contributed by atoms with E-state index in [2.05, 4.69) is 55.1 Å². The number of aryl methyl sites for hydroxylation is 2. The lowest BCUT2D eigenvalue weighted by Crippen LogP contribution is -2.11. The van der Waals surface area contributed by atoms with Gasteiger partial charge in [0.25, 0.3) is 0 Å². The number of benzene rings is 4. The van der Waals surface area contributed by atoms with Crippen molar-refractivity contribution in [3.05, 3.63) is 118 Å². The minimum Gasteiger partial charge on any atom is -0.456 e. The molecule has 1 heterocycles. The highest BCUT2D eigenvalue weighted by molar-refractivity contribution is 5.91. The molecule has 0 saturated heterocycles. The SMILES string of the molecule is CC.CCc1ccccc1.Cc1ccccc1N(C)c1ccc2c(=O)c3ccccc3oc2c1. The lowest BCUT2D eigenvalue weighted by molar-refractivity contribution is 0.660. The molecule has 4 aromatic carbocycles. The fourth-order valence-electron chi connectivity index (χ4n) is 3.79. The maximum absolute atomic E-state index is 12.6. The van der Waals surface area contributed by atoms with Crippen LogP contribution in [0.3, 0.4) is 0 Å². The van der Waals surface area contributed by atoms with Gasteiger partial charge in [-0.1, -0.05) is 81.4 Å². The van der Waals surface area contributed by atoms with Gasteiger partial charge in [0.05, 0.1) is 10.8 Å². The van der Waals surface area contributed by atoms with Gasteiger partial charge in [0.15, 0.2) is 0 Å². The second kappa shape index (κ2) is 11.9. The van der Waals surface area contributed by atoms with Gasteiger partial charge in [-0.15, -0.1) is 0 Å². The van der Waals surface area contributed by atoms with Gasteiger partial charge in [0.2, 0.25) is 5.43 Å². The van der Waals surface area contributed by atoms with Crippen LogP contribution in [0.25, 0.3) is 21.9 Å². The smallest absolute Gasteiger partial charge is 0.200 e. The molecule has 0 amide bonds. The van der Waals surface area contributed by atoms with Crippen molar-refractivity contribution in [1.82, 2.24) is 0 Å². The minimum atomic E-state index is 0.0111. The van der Waals surface area contributed by atoms with Crippen LogP contribution >= 0.6 is 0 Å². The van der Waals surface area contributed by atoms with Crippen molar-refractivity contribution in [1.29, 1.82) is 0 Å². The summed E-state index contributed by atoms with van der Waals surface area (Å²) in [7, 11) is 2.02. The van der Waals surface area contributed by atoms with Gasteiger partial charge < -0.3 is 9.32 Å². The monoisotopic (exact) mass is 451 g/mol. The Morgan fingerprint density at radius 2 is 1.35 bits per heavy atom. The third-order valence-corrected chi connectivity index (χ3v) is 5.68. The second-order valence-electron chi connectivity index (χ2n) is 7.79. The summed E-state index contributed by atoms with van der Waals surface area (Å²) in [5.41, 5.74) is 5.95. The van der Waals surface area contributed by atoms with Crippen molar-refractivity contribution in [2.75, 3.05) is 11.9 Å². The molecule has 0 aliphatic rings. The number of para-hydroxylation sites is 2. The van der Waals surface area contributed by atoms with Crippen molar-refractivity contribution >= 4 is 33.3 Å². The van der Waals surface area contributed by atoms with E-state index in [-0.39, 0.29) is 5.43 Å². The molecular formula is C31H33NO2. The molecule has 0 atom stereocenters. The summed E-state index contributed by atoms with van der Waals surface area (Å²) in [6.45, 7) is 8.25. The van der Waals surface area contributed by atoms with Crippen molar-refractivity contribution < 1.29 is 4.42 Å². The van der Waals surface area contributed by atoms with Crippen LogP contribution < -0.4 is 10.3 Å². The third-order valence-electron chi connectivity index (χ3n) is 5.68. The first kappa shape index (κ1) is 24.8. The zero-order valence-electron chi connectivity index (χ0n) is 20.7. The molecule has 1 aromatic heterocycles. The van der Waals surface area contributed by atoms with Crippen molar-refractivity contribution in [2.24, 2.45) is 0 Å². The van der Waals surface area contributed by atoms with Gasteiger partial charge in [0, 0.05) is 24.5 Å². The van der Waals surface area contributed by atoms with Crippen LogP contribution in [0.1, 0.15) is 31.9 Å². The van der Waals surface area contributed by atoms with E-state index in [1.165, 1.54) is 11.1 Å². The quantitative estimate of drug-likeness (QED) is 0.259. The molecule has 0 aliphatic heterocycles. The zero-order valence-corrected chi connectivity index (χ0v) is 20.7. The molecule has 174 valence electrons. The van der Waals surface area contributed by atoms with E-state index in [0.717, 1.165) is 17.8 Å². The van der Waals surface area contributed by atoms with Gasteiger partial charge in [-0.05, 0) is 54.8 Å². The maximum atomic E-state index is 12.6. The highest BCUT2D eigenvalue weighted by Gasteiger charge is 2.11. The van der Waals surface area contributed by atoms with Crippen LogP contribution in [0.4, 0.5) is 11.4 Å². The summed E-state index contributed by atoms with van der Waals surface area (Å²) in [6, 6.07) is 31.8. The van der Waals surface area contributed by atoms with E-state index in [4.69, 9.17) is 4.42 Å². The fourth-order valence-corrected chi connectivity index (χ4v) is 3.79. The summed E-state index contributed by atoms with van der Waals surface area (Å²) in [5, 5.41) is 1.22. The first-order chi connectivity index (χ1) is 16.6. The van der Waals surface area contributed by atoms with Crippen LogP contribution in [-0.4, -0.2) is 7.05 Å². The highest BCUT2D eigenvalue weighted by Crippen LogP contribution is 2.29. The standard InChI is InChI=1S/C21H17NO2.C8H10.C2H6/c1-14-7-3-5-9-18(14)22(2)15-11-12-17-20(13-15)24-19-10-6-4-8-16(19)21(17)23;1-2-8-6-4-3-5-7-8;1-2/h3-13H,1-2H3;3-7H,2H2,1H3;1-2H3. The Labute approximate surface area is 202 Å². The summed E-state index contributed by atoms with van der Waals surface area (Å²) in [5.74, 6) is 0. The van der Waals surface area contributed by atoms with Crippen molar-refractivity contribution in [3.63, 3.8) is 0 Å². The van der Waals surface area contributed by atoms with Crippen molar-refractivity contribution in [3.8, 4) is 0 Å². The number of anilines is 2. The molecule has 0 bridgehead atoms. The normalized spacial score (nSPS) is 10.1. The zero-order chi connectivity index (χ0) is 24.5. The predicted octanol–water partition coefficient (Wildman–Crippen LogP) is 8.30. The first-order valence-electron chi connectivity index (χ1n) is 11.9. The first-order valence-corrected chi connectivity index (χ1v) is 11.9. The van der Waals surface area contributed by atoms with Gasteiger partial charge in [-0.2, -0.15) is 0 Å². The molecule has 3 heteroatoms. The molecular weight excluding hydrogens is 418 g/mol. The summed E-state index contributed by atoms with van der Waals surface area (Å²) < 4.78 is 5.96. The molecule has 5 aromatic rings. The van der Waals surface area contributed by atoms with Gasteiger partial charge in [-0.25, -0.2) is 0 Å². The molecule has 0 spiro atoms. The maximum Gasteiger partial charge on any atom is 0.200 e. The average Bonchev–Trinajstić information content (AvgIpc) is 2.90. The number of rotatable bonds is 3. The lowest BCUT2D eigenvalue weighted by atomic mass is 10.1. The molecule has 0 fully saturated rings. The molecule has 3 nitrogen and oxygen atoms in total. The molecule has 0 radical (unpaired) electrons. The van der Waals surface area contributed by atoms with E-state index in [1.54, 1.807) is 6.07 Å². The largest absolute Gasteiger partial charge is 0.456 e. The second-order valence-corrected chi connectivity index (χ2v) is 7.79.